The van der Waals surface area contributed by atoms with Crippen molar-refractivity contribution in [2.75, 3.05) is 0 Å². The molecule has 1 aliphatic carbocycles. The zero-order chi connectivity index (χ0) is 15.0. The van der Waals surface area contributed by atoms with Crippen molar-refractivity contribution in [3.05, 3.63) is 0 Å². The topological polar surface area (TPSA) is 78.4 Å². The first-order valence-electron chi connectivity index (χ1n) is 7.79. The van der Waals surface area contributed by atoms with Gasteiger partial charge in [0, 0.05) is 6.04 Å². The second-order valence-electron chi connectivity index (χ2n) is 6.18. The molecule has 1 rings (SSSR count). The average Bonchev–Trinajstić information content (AvgIpc) is 2.31. The maximum atomic E-state index is 11.9. The van der Waals surface area contributed by atoms with Crippen LogP contribution in [0.25, 0.3) is 0 Å². The first-order valence-corrected chi connectivity index (χ1v) is 7.79. The Labute approximate surface area is 121 Å². The van der Waals surface area contributed by atoms with Crippen LogP contribution in [0.3, 0.4) is 0 Å². The summed E-state index contributed by atoms with van der Waals surface area (Å²) in [5.41, 5.74) is 0. The number of rotatable bonds is 5. The number of carboxylic acids is 1. The van der Waals surface area contributed by atoms with E-state index in [1.807, 2.05) is 13.8 Å². The van der Waals surface area contributed by atoms with E-state index < -0.39 is 12.0 Å². The Morgan fingerprint density at radius 2 is 1.65 bits per heavy atom. The Balaban J connectivity index is 2.41. The number of carbonyl (C=O) groups excluding carboxylic acids is 1. The molecule has 1 atom stereocenters. The molecule has 0 aromatic heterocycles. The van der Waals surface area contributed by atoms with Gasteiger partial charge in [-0.3, -0.25) is 0 Å². The van der Waals surface area contributed by atoms with E-state index in [1.54, 1.807) is 0 Å². The lowest BCUT2D eigenvalue weighted by atomic mass is 9.97. The van der Waals surface area contributed by atoms with Crippen molar-refractivity contribution in [3.63, 3.8) is 0 Å². The van der Waals surface area contributed by atoms with Crippen LogP contribution >= 0.6 is 0 Å². The fraction of sp³-hybridized carbons (Fsp3) is 0.867. The molecule has 1 fully saturated rings. The summed E-state index contributed by atoms with van der Waals surface area (Å²) in [6.45, 7) is 3.90. The van der Waals surface area contributed by atoms with Crippen molar-refractivity contribution in [3.8, 4) is 0 Å². The van der Waals surface area contributed by atoms with Crippen molar-refractivity contribution in [2.45, 2.75) is 77.3 Å². The van der Waals surface area contributed by atoms with Gasteiger partial charge in [-0.1, -0.05) is 46.0 Å². The lowest BCUT2D eigenvalue weighted by Gasteiger charge is -2.23. The van der Waals surface area contributed by atoms with Crippen LogP contribution in [0.2, 0.25) is 0 Å². The Morgan fingerprint density at radius 1 is 1.10 bits per heavy atom. The number of carbonyl (C=O) groups is 2. The predicted octanol–water partition coefficient (Wildman–Crippen LogP) is 2.90. The largest absolute Gasteiger partial charge is 0.480 e. The zero-order valence-electron chi connectivity index (χ0n) is 12.7. The van der Waals surface area contributed by atoms with E-state index in [0.29, 0.717) is 6.42 Å². The normalized spacial score (nSPS) is 18.9. The van der Waals surface area contributed by atoms with Gasteiger partial charge in [-0.05, 0) is 25.2 Å². The molecule has 0 aromatic carbocycles. The second-order valence-corrected chi connectivity index (χ2v) is 6.18. The molecule has 20 heavy (non-hydrogen) atoms. The minimum atomic E-state index is -0.966. The number of hydrogen-bond donors (Lipinski definition) is 3. The number of hydrogen-bond acceptors (Lipinski definition) is 2. The number of urea groups is 1. The Bertz CT molecular complexity index is 310. The van der Waals surface area contributed by atoms with Gasteiger partial charge in [0.15, 0.2) is 0 Å². The fourth-order valence-electron chi connectivity index (χ4n) is 2.68. The Hall–Kier alpha value is -1.26. The van der Waals surface area contributed by atoms with Gasteiger partial charge < -0.3 is 15.7 Å². The molecular weight excluding hydrogens is 256 g/mol. The van der Waals surface area contributed by atoms with Gasteiger partial charge in [0.25, 0.3) is 0 Å². The molecule has 0 saturated heterocycles. The molecule has 0 spiro atoms. The average molecular weight is 284 g/mol. The third kappa shape index (κ3) is 6.78. The summed E-state index contributed by atoms with van der Waals surface area (Å²) < 4.78 is 0. The molecule has 116 valence electrons. The summed E-state index contributed by atoms with van der Waals surface area (Å²) in [4.78, 5) is 23.0. The van der Waals surface area contributed by atoms with Crippen molar-refractivity contribution in [2.24, 2.45) is 5.92 Å². The van der Waals surface area contributed by atoms with E-state index in [2.05, 4.69) is 10.6 Å². The van der Waals surface area contributed by atoms with Crippen LogP contribution in [0.4, 0.5) is 4.79 Å². The van der Waals surface area contributed by atoms with Crippen LogP contribution in [-0.4, -0.2) is 29.2 Å². The lowest BCUT2D eigenvalue weighted by Crippen LogP contribution is -2.49. The van der Waals surface area contributed by atoms with E-state index in [0.717, 1.165) is 25.7 Å². The van der Waals surface area contributed by atoms with E-state index in [-0.39, 0.29) is 18.0 Å². The van der Waals surface area contributed by atoms with Crippen LogP contribution in [-0.2, 0) is 4.79 Å². The van der Waals surface area contributed by atoms with Crippen molar-refractivity contribution >= 4 is 12.0 Å². The predicted molar refractivity (Wildman–Crippen MR) is 78.7 cm³/mol. The quantitative estimate of drug-likeness (QED) is 0.726. The van der Waals surface area contributed by atoms with Crippen LogP contribution in [0.15, 0.2) is 0 Å². The van der Waals surface area contributed by atoms with Crippen LogP contribution in [0.5, 0.6) is 0 Å². The maximum absolute atomic E-state index is 11.9. The molecule has 1 aliphatic rings. The molecule has 1 saturated carbocycles. The second kappa shape index (κ2) is 8.82. The molecule has 0 bridgehead atoms. The molecular formula is C15H28N2O3. The van der Waals surface area contributed by atoms with E-state index in [9.17, 15) is 9.59 Å². The number of nitrogens with one attached hydrogen (secondary N) is 2. The summed E-state index contributed by atoms with van der Waals surface area (Å²) in [6.07, 6.45) is 8.46. The highest BCUT2D eigenvalue weighted by Gasteiger charge is 2.22. The highest BCUT2D eigenvalue weighted by atomic mass is 16.4. The summed E-state index contributed by atoms with van der Waals surface area (Å²) >= 11 is 0. The van der Waals surface area contributed by atoms with Crippen LogP contribution < -0.4 is 10.6 Å². The maximum Gasteiger partial charge on any atom is 0.326 e. The van der Waals surface area contributed by atoms with Gasteiger partial charge in [-0.2, -0.15) is 0 Å². The van der Waals surface area contributed by atoms with E-state index >= 15 is 0 Å². The number of amides is 2. The van der Waals surface area contributed by atoms with Gasteiger partial charge in [0.2, 0.25) is 0 Å². The third-order valence-corrected chi connectivity index (χ3v) is 3.75. The molecule has 5 nitrogen and oxygen atoms in total. The number of aliphatic carboxylic acids is 1. The standard InChI is InChI=1S/C15H28N2O3/c1-11(2)10-13(14(18)19)17-15(20)16-12-8-6-4-3-5-7-9-12/h11-13H,3-10H2,1-2H3,(H,18,19)(H2,16,17,20)/t13-/m1/s1. The Kier molecular flexibility index (Phi) is 7.41. The van der Waals surface area contributed by atoms with Gasteiger partial charge in [-0.25, -0.2) is 9.59 Å². The minimum Gasteiger partial charge on any atom is -0.480 e. The van der Waals surface area contributed by atoms with Crippen molar-refractivity contribution in [1.82, 2.24) is 10.6 Å². The lowest BCUT2D eigenvalue weighted by molar-refractivity contribution is -0.139. The third-order valence-electron chi connectivity index (χ3n) is 3.75. The van der Waals surface area contributed by atoms with Gasteiger partial charge >= 0.3 is 12.0 Å². The van der Waals surface area contributed by atoms with E-state index in [4.69, 9.17) is 5.11 Å². The fourth-order valence-corrected chi connectivity index (χ4v) is 2.68. The van der Waals surface area contributed by atoms with Crippen LogP contribution in [0.1, 0.15) is 65.2 Å². The van der Waals surface area contributed by atoms with Gasteiger partial charge in [-0.15, -0.1) is 0 Å². The first-order chi connectivity index (χ1) is 9.49. The van der Waals surface area contributed by atoms with E-state index in [1.165, 1.54) is 19.3 Å². The highest BCUT2D eigenvalue weighted by Crippen LogP contribution is 2.17. The molecule has 2 amide bonds. The minimum absolute atomic E-state index is 0.184. The summed E-state index contributed by atoms with van der Waals surface area (Å²) in [5, 5.41) is 14.6. The SMILES string of the molecule is CC(C)C[C@@H](NC(=O)NC1CCCCCCC1)C(=O)O. The van der Waals surface area contributed by atoms with Gasteiger partial charge in [0.1, 0.15) is 6.04 Å². The molecule has 3 N–H and O–H groups in total. The first kappa shape index (κ1) is 16.8. The van der Waals surface area contributed by atoms with Crippen LogP contribution in [0, 0.1) is 5.92 Å². The monoisotopic (exact) mass is 284 g/mol. The van der Waals surface area contributed by atoms with Crippen molar-refractivity contribution in [1.29, 1.82) is 0 Å². The molecule has 0 aromatic rings. The highest BCUT2D eigenvalue weighted by molar-refractivity contribution is 5.82. The van der Waals surface area contributed by atoms with Gasteiger partial charge in [0.05, 0.1) is 0 Å². The smallest absolute Gasteiger partial charge is 0.326 e. The Morgan fingerprint density at radius 3 is 2.15 bits per heavy atom. The number of carboxylic acid groups (broad SMARTS) is 1. The summed E-state index contributed by atoms with van der Waals surface area (Å²) in [7, 11) is 0. The molecule has 5 heteroatoms. The summed E-state index contributed by atoms with van der Waals surface area (Å²) in [6, 6.07) is -0.962. The molecule has 0 heterocycles. The van der Waals surface area contributed by atoms with Crippen molar-refractivity contribution < 1.29 is 14.7 Å². The zero-order valence-corrected chi connectivity index (χ0v) is 12.7. The molecule has 0 radical (unpaired) electrons. The molecule has 0 unspecified atom stereocenters. The molecule has 0 aliphatic heterocycles. The summed E-state index contributed by atoms with van der Waals surface area (Å²) in [5.74, 6) is -0.732.